The Hall–Kier alpha value is -3.43. The van der Waals surface area contributed by atoms with Crippen LogP contribution in [0, 0.1) is 5.92 Å². The predicted molar refractivity (Wildman–Crippen MR) is 102 cm³/mol. The molecule has 3 heterocycles. The molecular weight excluding hydrogens is 362 g/mol. The minimum atomic E-state index is -0.804. The molecule has 10 heteroatoms. The lowest BCUT2D eigenvalue weighted by Gasteiger charge is -2.28. The molecule has 0 aliphatic heterocycles. The fraction of sp³-hybridized carbons (Fsp3) is 0.389. The molecule has 1 aliphatic rings. The fourth-order valence-electron chi connectivity index (χ4n) is 3.90. The molecule has 3 amide bonds. The molecule has 0 spiro atoms. The monoisotopic (exact) mass is 383 g/mol. The number of primary amides is 1. The quantitative estimate of drug-likeness (QED) is 0.494. The van der Waals surface area contributed by atoms with Gasteiger partial charge in [-0.05, 0) is 25.3 Å². The molecule has 4 rings (SSSR count). The van der Waals surface area contributed by atoms with Crippen molar-refractivity contribution in [1.29, 1.82) is 0 Å². The van der Waals surface area contributed by atoms with Crippen LogP contribution >= 0.6 is 0 Å². The van der Waals surface area contributed by atoms with Crippen molar-refractivity contribution in [2.24, 2.45) is 11.7 Å². The van der Waals surface area contributed by atoms with Gasteiger partial charge >= 0.3 is 11.8 Å². The highest BCUT2D eigenvalue weighted by molar-refractivity contribution is 6.40. The number of carbonyl (C=O) groups excluding carboxylic acids is 3. The third-order valence-electron chi connectivity index (χ3n) is 5.31. The maximum absolute atomic E-state index is 12.1. The normalized spacial score (nSPS) is 19.6. The van der Waals surface area contributed by atoms with Gasteiger partial charge in [-0.25, -0.2) is 4.98 Å². The minimum absolute atomic E-state index is 0.0418. The van der Waals surface area contributed by atoms with Gasteiger partial charge in [0.1, 0.15) is 5.65 Å². The Bertz CT molecular complexity index is 1080. The second-order valence-corrected chi connectivity index (χ2v) is 7.01. The van der Waals surface area contributed by atoms with Crippen LogP contribution in [0.5, 0.6) is 0 Å². The molecule has 1 fully saturated rings. The highest BCUT2D eigenvalue weighted by atomic mass is 16.2. The van der Waals surface area contributed by atoms with E-state index in [0.717, 1.165) is 30.2 Å². The number of amides is 3. The lowest BCUT2D eigenvalue weighted by molar-refractivity contribution is -0.135. The Labute approximate surface area is 159 Å². The summed E-state index contributed by atoms with van der Waals surface area (Å²) in [5.41, 5.74) is 7.02. The maximum atomic E-state index is 12.1. The van der Waals surface area contributed by atoms with Crippen LogP contribution in [0.3, 0.4) is 0 Å². The van der Waals surface area contributed by atoms with Crippen molar-refractivity contribution in [2.45, 2.75) is 31.7 Å². The number of carbonyl (C=O) groups is 3. The molecule has 3 aromatic rings. The van der Waals surface area contributed by atoms with E-state index in [9.17, 15) is 14.4 Å². The molecule has 1 saturated carbocycles. The fourth-order valence-corrected chi connectivity index (χ4v) is 3.90. The van der Waals surface area contributed by atoms with Crippen LogP contribution in [0.25, 0.3) is 21.9 Å². The third kappa shape index (κ3) is 2.96. The van der Waals surface area contributed by atoms with Crippen LogP contribution in [0.1, 0.15) is 31.7 Å². The zero-order chi connectivity index (χ0) is 19.8. The van der Waals surface area contributed by atoms with Gasteiger partial charge in [0.15, 0.2) is 5.82 Å². The topological polar surface area (TPSA) is 148 Å². The summed E-state index contributed by atoms with van der Waals surface area (Å²) in [7, 11) is 1.38. The molecule has 0 radical (unpaired) electrons. The number of hydrogen-bond acceptors (Lipinski definition) is 5. The Morgan fingerprint density at radius 3 is 2.82 bits per heavy atom. The van der Waals surface area contributed by atoms with Gasteiger partial charge in [-0.15, -0.1) is 0 Å². The van der Waals surface area contributed by atoms with Gasteiger partial charge in [-0.3, -0.25) is 19.1 Å². The van der Waals surface area contributed by atoms with E-state index in [1.54, 1.807) is 12.4 Å². The Kier molecular flexibility index (Phi) is 4.46. The van der Waals surface area contributed by atoms with E-state index < -0.39 is 11.8 Å². The molecule has 0 aromatic carbocycles. The van der Waals surface area contributed by atoms with E-state index in [2.05, 4.69) is 25.7 Å². The second kappa shape index (κ2) is 6.95. The number of pyridine rings is 1. The number of rotatable bonds is 3. The summed E-state index contributed by atoms with van der Waals surface area (Å²) in [6.07, 6.45) is 6.46. The van der Waals surface area contributed by atoms with Crippen molar-refractivity contribution >= 4 is 45.5 Å². The van der Waals surface area contributed by atoms with E-state index in [0.29, 0.717) is 17.5 Å². The second-order valence-electron chi connectivity index (χ2n) is 7.01. The van der Waals surface area contributed by atoms with Gasteiger partial charge in [0.05, 0.1) is 16.9 Å². The van der Waals surface area contributed by atoms with Crippen molar-refractivity contribution in [3.8, 4) is 0 Å². The first-order chi connectivity index (χ1) is 13.5. The molecule has 2 atom stereocenters. The van der Waals surface area contributed by atoms with Crippen LogP contribution < -0.4 is 16.4 Å². The Balaban J connectivity index is 1.83. The van der Waals surface area contributed by atoms with E-state index in [1.165, 1.54) is 7.05 Å². The van der Waals surface area contributed by atoms with Crippen LogP contribution in [-0.4, -0.2) is 44.5 Å². The first kappa shape index (κ1) is 18.0. The summed E-state index contributed by atoms with van der Waals surface area (Å²) in [5, 5.41) is 10.9. The van der Waals surface area contributed by atoms with E-state index in [1.807, 2.05) is 10.7 Å². The molecule has 5 N–H and O–H groups in total. The van der Waals surface area contributed by atoms with E-state index in [-0.39, 0.29) is 23.7 Å². The van der Waals surface area contributed by atoms with Crippen molar-refractivity contribution in [1.82, 2.24) is 25.1 Å². The van der Waals surface area contributed by atoms with Crippen LogP contribution in [-0.2, 0) is 14.4 Å². The predicted octanol–water partition coefficient (Wildman–Crippen LogP) is 0.814. The number of fused-ring (bicyclic) bond motifs is 3. The number of likely N-dealkylation sites (N-methyl/N-ethyl adjacent to an activating group) is 1. The number of nitrogens with zero attached hydrogens (tertiary/aromatic N) is 3. The molecular formula is C18H21N7O3. The van der Waals surface area contributed by atoms with Gasteiger partial charge in [0.2, 0.25) is 5.91 Å². The maximum Gasteiger partial charge on any atom is 0.314 e. The summed E-state index contributed by atoms with van der Waals surface area (Å²) < 4.78 is 1.84. The number of H-pyrrole nitrogens is 1. The highest BCUT2D eigenvalue weighted by Gasteiger charge is 2.30. The van der Waals surface area contributed by atoms with E-state index >= 15 is 0 Å². The summed E-state index contributed by atoms with van der Waals surface area (Å²) >= 11 is 0. The van der Waals surface area contributed by atoms with Crippen LogP contribution in [0.2, 0.25) is 0 Å². The van der Waals surface area contributed by atoms with Gasteiger partial charge in [-0.1, -0.05) is 6.42 Å². The standard InChI is InChI=1S/C18H21N7O3/c1-20-17(27)18(28)23-16-12-8-22-15-11(5-6-21-15)13(12)25(24-16)10-4-2-3-9(7-10)14(19)26/h5-6,8-10H,2-4,7H2,1H3,(H2,19,26)(H,20,27)(H,21,22)(H,23,24,28)/t9-,10-/m1/s1. The van der Waals surface area contributed by atoms with Crippen LogP contribution in [0.4, 0.5) is 5.82 Å². The number of anilines is 1. The number of hydrogen-bond donors (Lipinski definition) is 4. The summed E-state index contributed by atoms with van der Waals surface area (Å²) in [5.74, 6) is -1.81. The van der Waals surface area contributed by atoms with Crippen molar-refractivity contribution in [2.75, 3.05) is 12.4 Å². The summed E-state index contributed by atoms with van der Waals surface area (Å²) in [6, 6.07) is 1.85. The average Bonchev–Trinajstić information content (AvgIpc) is 3.31. The molecule has 0 bridgehead atoms. The molecule has 0 saturated heterocycles. The number of nitrogens with two attached hydrogens (primary N) is 1. The lowest BCUT2D eigenvalue weighted by Crippen LogP contribution is -2.33. The first-order valence-electron chi connectivity index (χ1n) is 9.16. The SMILES string of the molecule is CNC(=O)C(=O)Nc1nn([C@@H]2CCC[C@@H](C(N)=O)C2)c2c1cnc1[nH]ccc12. The summed E-state index contributed by atoms with van der Waals surface area (Å²) in [6.45, 7) is 0. The average molecular weight is 383 g/mol. The smallest absolute Gasteiger partial charge is 0.314 e. The first-order valence-corrected chi connectivity index (χ1v) is 9.16. The largest absolute Gasteiger partial charge is 0.369 e. The molecule has 1 aliphatic carbocycles. The molecule has 0 unspecified atom stereocenters. The van der Waals surface area contributed by atoms with E-state index in [4.69, 9.17) is 5.73 Å². The highest BCUT2D eigenvalue weighted by Crippen LogP contribution is 2.37. The Morgan fingerprint density at radius 1 is 1.25 bits per heavy atom. The minimum Gasteiger partial charge on any atom is -0.369 e. The van der Waals surface area contributed by atoms with Gasteiger partial charge < -0.3 is 21.4 Å². The number of nitrogens with one attached hydrogen (secondary N) is 3. The van der Waals surface area contributed by atoms with Crippen molar-refractivity contribution in [3.63, 3.8) is 0 Å². The number of aromatic nitrogens is 4. The van der Waals surface area contributed by atoms with Gasteiger partial charge in [0, 0.05) is 30.7 Å². The molecule has 146 valence electrons. The summed E-state index contributed by atoms with van der Waals surface area (Å²) in [4.78, 5) is 42.8. The number of aromatic amines is 1. The zero-order valence-electron chi connectivity index (χ0n) is 15.4. The third-order valence-corrected chi connectivity index (χ3v) is 5.31. The van der Waals surface area contributed by atoms with Gasteiger partial charge in [0.25, 0.3) is 0 Å². The lowest BCUT2D eigenvalue weighted by atomic mass is 9.85. The molecule has 3 aromatic heterocycles. The Morgan fingerprint density at radius 2 is 2.07 bits per heavy atom. The van der Waals surface area contributed by atoms with Gasteiger partial charge in [-0.2, -0.15) is 5.10 Å². The van der Waals surface area contributed by atoms with Crippen LogP contribution in [0.15, 0.2) is 18.5 Å². The van der Waals surface area contributed by atoms with Crippen molar-refractivity contribution < 1.29 is 14.4 Å². The van der Waals surface area contributed by atoms with Crippen molar-refractivity contribution in [3.05, 3.63) is 18.5 Å². The zero-order valence-corrected chi connectivity index (χ0v) is 15.4. The molecule has 10 nitrogen and oxygen atoms in total. The molecule has 28 heavy (non-hydrogen) atoms.